The molecule has 1 heterocycles. The third-order valence-corrected chi connectivity index (χ3v) is 4.28. The number of nitrogens with zero attached hydrogens (tertiary/aromatic N) is 1. The maximum absolute atomic E-state index is 13.7. The number of anilines is 1. The van der Waals surface area contributed by atoms with Gasteiger partial charge in [0.2, 0.25) is 5.91 Å². The van der Waals surface area contributed by atoms with Gasteiger partial charge in [-0.25, -0.2) is 14.0 Å². The minimum atomic E-state index is -0.697. The number of rotatable bonds is 5. The first-order valence-corrected chi connectivity index (χ1v) is 9.30. The van der Waals surface area contributed by atoms with Crippen molar-refractivity contribution in [1.82, 2.24) is 10.6 Å². The van der Waals surface area contributed by atoms with Gasteiger partial charge in [0.25, 0.3) is 0 Å². The highest BCUT2D eigenvalue weighted by Crippen LogP contribution is 2.24. The van der Waals surface area contributed by atoms with Gasteiger partial charge < -0.3 is 20.1 Å². The summed E-state index contributed by atoms with van der Waals surface area (Å²) < 4.78 is 24.3. The summed E-state index contributed by atoms with van der Waals surface area (Å²) in [6.45, 7) is 5.13. The van der Waals surface area contributed by atoms with Crippen molar-refractivity contribution >= 4 is 46.4 Å². The molecule has 1 aliphatic heterocycles. The summed E-state index contributed by atoms with van der Waals surface area (Å²) in [4.78, 5) is 36.6. The van der Waals surface area contributed by atoms with Crippen molar-refractivity contribution in [3.05, 3.63) is 27.6 Å². The maximum Gasteiger partial charge on any atom is 0.414 e. The number of halogens is 2. The van der Waals surface area contributed by atoms with Crippen LogP contribution in [0, 0.1) is 9.39 Å². The van der Waals surface area contributed by atoms with Gasteiger partial charge in [-0.05, 0) is 61.6 Å². The Labute approximate surface area is 169 Å². The largest absolute Gasteiger partial charge is 0.444 e. The Morgan fingerprint density at radius 1 is 1.37 bits per heavy atom. The van der Waals surface area contributed by atoms with Gasteiger partial charge in [0.05, 0.1) is 25.3 Å². The van der Waals surface area contributed by atoms with E-state index in [1.807, 2.05) is 22.6 Å². The third-order valence-electron chi connectivity index (χ3n) is 3.41. The van der Waals surface area contributed by atoms with Gasteiger partial charge in [0, 0.05) is 3.57 Å². The fourth-order valence-corrected chi connectivity index (χ4v) is 2.58. The lowest BCUT2D eigenvalue weighted by atomic mass is 10.2. The van der Waals surface area contributed by atoms with Crippen LogP contribution in [-0.4, -0.2) is 49.4 Å². The van der Waals surface area contributed by atoms with E-state index in [4.69, 9.17) is 9.47 Å². The Morgan fingerprint density at radius 2 is 2.07 bits per heavy atom. The van der Waals surface area contributed by atoms with Crippen LogP contribution >= 0.6 is 22.6 Å². The van der Waals surface area contributed by atoms with Gasteiger partial charge in [-0.3, -0.25) is 9.69 Å². The molecule has 0 aromatic heterocycles. The number of cyclic esters (lactones) is 1. The predicted octanol–water partition coefficient (Wildman–Crippen LogP) is 2.40. The first-order valence-electron chi connectivity index (χ1n) is 8.22. The van der Waals surface area contributed by atoms with Gasteiger partial charge in [-0.1, -0.05) is 0 Å². The summed E-state index contributed by atoms with van der Waals surface area (Å²) in [7, 11) is 0. The Morgan fingerprint density at radius 3 is 2.70 bits per heavy atom. The van der Waals surface area contributed by atoms with Crippen LogP contribution in [-0.2, 0) is 14.3 Å². The zero-order valence-corrected chi connectivity index (χ0v) is 17.3. The molecule has 1 aromatic rings. The van der Waals surface area contributed by atoms with Crippen LogP contribution in [0.5, 0.6) is 0 Å². The molecule has 0 radical (unpaired) electrons. The number of alkyl carbamates (subject to hydrolysis) is 1. The second-order valence-corrected chi connectivity index (χ2v) is 8.04. The van der Waals surface area contributed by atoms with E-state index in [1.54, 1.807) is 32.9 Å². The molecule has 10 heteroatoms. The maximum atomic E-state index is 13.7. The quantitative estimate of drug-likeness (QED) is 0.615. The van der Waals surface area contributed by atoms with Crippen LogP contribution in [0.15, 0.2) is 18.2 Å². The van der Waals surface area contributed by atoms with Crippen molar-refractivity contribution in [2.45, 2.75) is 32.5 Å². The summed E-state index contributed by atoms with van der Waals surface area (Å²) in [5.41, 5.74) is -0.268. The van der Waals surface area contributed by atoms with E-state index in [0.717, 1.165) is 0 Å². The molecular formula is C17H21FIN3O5. The summed E-state index contributed by atoms with van der Waals surface area (Å²) in [5.74, 6) is -0.874. The highest BCUT2D eigenvalue weighted by Gasteiger charge is 2.32. The molecular weight excluding hydrogens is 472 g/mol. The standard InChI is InChI=1S/C17H21FIN3O5/c1-17(2,3)27-15(24)21-8-14(23)20-7-11-9-22(16(25)26-11)10-4-5-13(19)12(18)6-10/h4-6,11H,7-9H2,1-3H3,(H,20,23)(H,21,24)/t11-/m0/s1. The molecule has 2 N–H and O–H groups in total. The van der Waals surface area contributed by atoms with Crippen molar-refractivity contribution in [3.8, 4) is 0 Å². The van der Waals surface area contributed by atoms with Crippen molar-refractivity contribution < 1.29 is 28.2 Å². The number of nitrogens with one attached hydrogen (secondary N) is 2. The van der Waals surface area contributed by atoms with Crippen LogP contribution in [0.25, 0.3) is 0 Å². The number of carbonyl (C=O) groups excluding carboxylic acids is 3. The molecule has 2 rings (SSSR count). The normalized spacial score (nSPS) is 16.7. The smallest absolute Gasteiger partial charge is 0.414 e. The lowest BCUT2D eigenvalue weighted by Gasteiger charge is -2.19. The van der Waals surface area contributed by atoms with Crippen molar-refractivity contribution in [1.29, 1.82) is 0 Å². The lowest BCUT2D eigenvalue weighted by Crippen LogP contribution is -2.42. The molecule has 1 fully saturated rings. The summed E-state index contributed by atoms with van der Waals surface area (Å²) >= 11 is 1.86. The molecule has 1 saturated heterocycles. The summed E-state index contributed by atoms with van der Waals surface area (Å²) in [5, 5.41) is 4.90. The fraction of sp³-hybridized carbons (Fsp3) is 0.471. The van der Waals surface area contributed by atoms with Gasteiger partial charge in [0.1, 0.15) is 17.5 Å². The molecule has 8 nitrogen and oxygen atoms in total. The molecule has 1 aliphatic rings. The zero-order valence-electron chi connectivity index (χ0n) is 15.2. The van der Waals surface area contributed by atoms with E-state index >= 15 is 0 Å². The monoisotopic (exact) mass is 493 g/mol. The highest BCUT2D eigenvalue weighted by atomic mass is 127. The van der Waals surface area contributed by atoms with Gasteiger partial charge in [-0.2, -0.15) is 0 Å². The van der Waals surface area contributed by atoms with E-state index in [-0.39, 0.29) is 19.6 Å². The van der Waals surface area contributed by atoms with Crippen molar-refractivity contribution in [2.24, 2.45) is 0 Å². The highest BCUT2D eigenvalue weighted by molar-refractivity contribution is 14.1. The van der Waals surface area contributed by atoms with Crippen LogP contribution < -0.4 is 15.5 Å². The van der Waals surface area contributed by atoms with Crippen LogP contribution in [0.3, 0.4) is 0 Å². The second kappa shape index (κ2) is 8.72. The Bertz CT molecular complexity index is 738. The minimum Gasteiger partial charge on any atom is -0.444 e. The average Bonchev–Trinajstić information content (AvgIpc) is 2.93. The second-order valence-electron chi connectivity index (χ2n) is 6.87. The Balaban J connectivity index is 1.78. The number of amides is 3. The van der Waals surface area contributed by atoms with E-state index in [9.17, 15) is 18.8 Å². The summed E-state index contributed by atoms with van der Waals surface area (Å²) in [6.07, 6.45) is -1.89. The molecule has 1 atom stereocenters. The first kappa shape index (κ1) is 21.2. The van der Waals surface area contributed by atoms with Gasteiger partial charge in [-0.15, -0.1) is 0 Å². The topological polar surface area (TPSA) is 97.0 Å². The first-order chi connectivity index (χ1) is 12.5. The average molecular weight is 493 g/mol. The van der Waals surface area contributed by atoms with Crippen molar-refractivity contribution in [3.63, 3.8) is 0 Å². The van der Waals surface area contributed by atoms with Gasteiger partial charge in [0.15, 0.2) is 0 Å². The Kier molecular flexibility index (Phi) is 6.84. The molecule has 148 valence electrons. The lowest BCUT2D eigenvalue weighted by molar-refractivity contribution is -0.120. The number of hydrogen-bond acceptors (Lipinski definition) is 5. The van der Waals surface area contributed by atoms with E-state index in [0.29, 0.717) is 9.26 Å². The molecule has 0 saturated carbocycles. The molecule has 27 heavy (non-hydrogen) atoms. The van der Waals surface area contributed by atoms with E-state index in [1.165, 1.54) is 11.0 Å². The third kappa shape index (κ3) is 6.52. The molecule has 1 aromatic carbocycles. The predicted molar refractivity (Wildman–Crippen MR) is 104 cm³/mol. The number of hydrogen-bond donors (Lipinski definition) is 2. The fourth-order valence-electron chi connectivity index (χ4n) is 2.25. The van der Waals surface area contributed by atoms with Gasteiger partial charge >= 0.3 is 12.2 Å². The molecule has 3 amide bonds. The number of carbonyl (C=O) groups is 3. The zero-order chi connectivity index (χ0) is 20.2. The molecule has 0 aliphatic carbocycles. The summed E-state index contributed by atoms with van der Waals surface area (Å²) in [6, 6.07) is 4.45. The Hall–Kier alpha value is -2.11. The molecule has 0 bridgehead atoms. The molecule has 0 unspecified atom stereocenters. The minimum absolute atomic E-state index is 0.0733. The number of ether oxygens (including phenoxy) is 2. The SMILES string of the molecule is CC(C)(C)OC(=O)NCC(=O)NC[C@H]1CN(c2ccc(I)c(F)c2)C(=O)O1. The number of benzene rings is 1. The van der Waals surface area contributed by atoms with Crippen LogP contribution in [0.4, 0.5) is 19.7 Å². The van der Waals surface area contributed by atoms with Crippen molar-refractivity contribution in [2.75, 3.05) is 24.5 Å². The molecule has 0 spiro atoms. The van der Waals surface area contributed by atoms with Crippen LogP contribution in [0.1, 0.15) is 20.8 Å². The van der Waals surface area contributed by atoms with E-state index in [2.05, 4.69) is 10.6 Å². The van der Waals surface area contributed by atoms with Crippen LogP contribution in [0.2, 0.25) is 0 Å². The van der Waals surface area contributed by atoms with E-state index < -0.39 is 35.6 Å².